The first kappa shape index (κ1) is 13.3. The molecule has 5 nitrogen and oxygen atoms in total. The van der Waals surface area contributed by atoms with Crippen molar-refractivity contribution in [2.24, 2.45) is 0 Å². The van der Waals surface area contributed by atoms with Crippen molar-refractivity contribution < 1.29 is 9.53 Å². The number of carbonyl (C=O) groups is 1. The third-order valence-electron chi connectivity index (χ3n) is 3.27. The van der Waals surface area contributed by atoms with Crippen LogP contribution in [0.1, 0.15) is 16.8 Å². The fraction of sp³-hybridized carbons (Fsp3) is 0.357. The van der Waals surface area contributed by atoms with Gasteiger partial charge in [0.05, 0.1) is 29.7 Å². The van der Waals surface area contributed by atoms with Gasteiger partial charge in [0, 0.05) is 19.6 Å². The van der Waals surface area contributed by atoms with Crippen molar-refractivity contribution >= 4 is 23.0 Å². The highest BCUT2D eigenvalue weighted by atomic mass is 16.5. The van der Waals surface area contributed by atoms with Crippen molar-refractivity contribution in [1.29, 1.82) is 0 Å². The van der Waals surface area contributed by atoms with Crippen LogP contribution >= 0.6 is 0 Å². The van der Waals surface area contributed by atoms with Crippen LogP contribution in [0.15, 0.2) is 24.8 Å². The van der Waals surface area contributed by atoms with Crippen LogP contribution in [-0.4, -0.2) is 32.7 Å². The second-order valence-electron chi connectivity index (χ2n) is 4.70. The largest absolute Gasteiger partial charge is 0.465 e. The number of nitrogens with one attached hydrogen (secondary N) is 1. The van der Waals surface area contributed by atoms with Gasteiger partial charge in [-0.1, -0.05) is 6.08 Å². The van der Waals surface area contributed by atoms with Gasteiger partial charge in [-0.3, -0.25) is 0 Å². The normalized spacial score (nSPS) is 17.4. The first-order valence-corrected chi connectivity index (χ1v) is 6.17. The van der Waals surface area contributed by atoms with Gasteiger partial charge in [0.1, 0.15) is 0 Å². The predicted octanol–water partition coefficient (Wildman–Crippen LogP) is 1.86. The molecule has 1 aromatic carbocycles. The number of hydrogen-bond acceptors (Lipinski definition) is 5. The van der Waals surface area contributed by atoms with E-state index in [-0.39, 0.29) is 12.0 Å². The number of nitrogens with zero attached hydrogens (tertiary/aromatic N) is 1. The van der Waals surface area contributed by atoms with E-state index >= 15 is 0 Å². The third-order valence-corrected chi connectivity index (χ3v) is 3.27. The van der Waals surface area contributed by atoms with Crippen LogP contribution in [0.3, 0.4) is 0 Å². The number of hydrogen-bond donors (Lipinski definition) is 2. The lowest BCUT2D eigenvalue weighted by Crippen LogP contribution is -2.39. The molecule has 0 saturated carbocycles. The molecule has 0 saturated heterocycles. The van der Waals surface area contributed by atoms with E-state index in [0.717, 1.165) is 24.3 Å². The molecule has 0 aliphatic carbocycles. The summed E-state index contributed by atoms with van der Waals surface area (Å²) in [5, 5.41) is 3.39. The average Bonchev–Trinajstić information content (AvgIpc) is 2.39. The molecule has 1 atom stereocenters. The van der Waals surface area contributed by atoms with Gasteiger partial charge in [0.25, 0.3) is 0 Å². The maximum Gasteiger partial charge on any atom is 0.338 e. The summed E-state index contributed by atoms with van der Waals surface area (Å²) in [5.74, 6) is -0.379. The van der Waals surface area contributed by atoms with E-state index in [1.807, 2.05) is 13.1 Å². The molecule has 1 heterocycles. The van der Waals surface area contributed by atoms with E-state index in [2.05, 4.69) is 16.8 Å². The monoisotopic (exact) mass is 261 g/mol. The van der Waals surface area contributed by atoms with Gasteiger partial charge in [-0.15, -0.1) is 6.58 Å². The zero-order chi connectivity index (χ0) is 14.0. The number of fused-ring (bicyclic) bond motifs is 1. The van der Waals surface area contributed by atoms with Gasteiger partial charge in [0.15, 0.2) is 0 Å². The Balaban J connectivity index is 2.40. The van der Waals surface area contributed by atoms with Gasteiger partial charge < -0.3 is 20.7 Å². The summed E-state index contributed by atoms with van der Waals surface area (Å²) in [5.41, 5.74) is 8.84. The molecule has 1 aromatic rings. The number of likely N-dealkylation sites (N-methyl/N-ethyl adjacent to an activating group) is 1. The van der Waals surface area contributed by atoms with Crippen LogP contribution in [0, 0.1) is 0 Å². The van der Waals surface area contributed by atoms with Gasteiger partial charge >= 0.3 is 5.97 Å². The van der Waals surface area contributed by atoms with Crippen LogP contribution in [0.5, 0.6) is 0 Å². The predicted molar refractivity (Wildman–Crippen MR) is 77.7 cm³/mol. The van der Waals surface area contributed by atoms with E-state index in [1.54, 1.807) is 12.1 Å². The van der Waals surface area contributed by atoms with E-state index in [1.165, 1.54) is 7.11 Å². The summed E-state index contributed by atoms with van der Waals surface area (Å²) in [7, 11) is 3.34. The van der Waals surface area contributed by atoms with Crippen molar-refractivity contribution in [2.75, 3.05) is 36.7 Å². The Morgan fingerprint density at radius 3 is 3.05 bits per heavy atom. The van der Waals surface area contributed by atoms with Crippen LogP contribution in [0.25, 0.3) is 0 Å². The Kier molecular flexibility index (Phi) is 3.64. The smallest absolute Gasteiger partial charge is 0.338 e. The van der Waals surface area contributed by atoms with E-state index in [0.29, 0.717) is 11.3 Å². The van der Waals surface area contributed by atoms with Gasteiger partial charge in [-0.2, -0.15) is 0 Å². The minimum atomic E-state index is -0.379. The number of nitrogens with two attached hydrogens (primary N) is 1. The van der Waals surface area contributed by atoms with Crippen molar-refractivity contribution in [1.82, 2.24) is 0 Å². The second kappa shape index (κ2) is 5.22. The quantitative estimate of drug-likeness (QED) is 0.494. The minimum absolute atomic E-state index is 0.279. The lowest BCUT2D eigenvalue weighted by Gasteiger charge is -2.35. The van der Waals surface area contributed by atoms with Gasteiger partial charge in [-0.05, 0) is 18.6 Å². The first-order valence-electron chi connectivity index (χ1n) is 6.17. The molecule has 0 fully saturated rings. The SMILES string of the molecule is C=CCC1CN(C)c2cc(C(=O)OC)cc(N)c2N1. The molecule has 1 aliphatic heterocycles. The number of anilines is 3. The number of benzene rings is 1. The molecule has 0 amide bonds. The summed E-state index contributed by atoms with van der Waals surface area (Å²) in [6, 6.07) is 3.72. The van der Waals surface area contributed by atoms with Gasteiger partial charge in [-0.25, -0.2) is 4.79 Å². The van der Waals surface area contributed by atoms with Crippen molar-refractivity contribution in [3.05, 3.63) is 30.4 Å². The molecule has 0 bridgehead atoms. The molecule has 0 spiro atoms. The highest BCUT2D eigenvalue weighted by molar-refractivity contribution is 5.96. The van der Waals surface area contributed by atoms with Crippen LogP contribution in [0.4, 0.5) is 17.1 Å². The maximum atomic E-state index is 11.6. The number of carbonyl (C=O) groups excluding carboxylic acids is 1. The first-order chi connectivity index (χ1) is 9.06. The fourth-order valence-electron chi connectivity index (χ4n) is 2.36. The summed E-state index contributed by atoms with van der Waals surface area (Å²) >= 11 is 0. The number of rotatable bonds is 3. The number of nitrogen functional groups attached to an aromatic ring is 1. The highest BCUT2D eigenvalue weighted by Gasteiger charge is 2.24. The van der Waals surface area contributed by atoms with Crippen molar-refractivity contribution in [2.45, 2.75) is 12.5 Å². The number of esters is 1. The average molecular weight is 261 g/mol. The molecule has 2 rings (SSSR count). The van der Waals surface area contributed by atoms with E-state index < -0.39 is 0 Å². The fourth-order valence-corrected chi connectivity index (χ4v) is 2.36. The molecular formula is C14H19N3O2. The molecule has 19 heavy (non-hydrogen) atoms. The Hall–Kier alpha value is -2.17. The summed E-state index contributed by atoms with van der Waals surface area (Å²) in [4.78, 5) is 13.7. The Bertz CT molecular complexity index is 514. The van der Waals surface area contributed by atoms with Gasteiger partial charge in [0.2, 0.25) is 0 Å². The number of ether oxygens (including phenoxy) is 1. The number of methoxy groups -OCH3 is 1. The Labute approximate surface area is 113 Å². The Morgan fingerprint density at radius 2 is 2.42 bits per heavy atom. The topological polar surface area (TPSA) is 67.6 Å². The minimum Gasteiger partial charge on any atom is -0.465 e. The summed E-state index contributed by atoms with van der Waals surface area (Å²) < 4.78 is 4.73. The highest BCUT2D eigenvalue weighted by Crippen LogP contribution is 2.37. The zero-order valence-corrected chi connectivity index (χ0v) is 11.3. The lowest BCUT2D eigenvalue weighted by molar-refractivity contribution is 0.0601. The molecular weight excluding hydrogens is 242 g/mol. The maximum absolute atomic E-state index is 11.6. The zero-order valence-electron chi connectivity index (χ0n) is 11.3. The van der Waals surface area contributed by atoms with Crippen LogP contribution < -0.4 is 16.0 Å². The summed E-state index contributed by atoms with van der Waals surface area (Å²) in [6.07, 6.45) is 2.75. The third kappa shape index (κ3) is 2.50. The molecule has 5 heteroatoms. The molecule has 1 unspecified atom stereocenters. The van der Waals surface area contributed by atoms with E-state index in [9.17, 15) is 4.79 Å². The Morgan fingerprint density at radius 1 is 1.68 bits per heavy atom. The second-order valence-corrected chi connectivity index (χ2v) is 4.70. The molecule has 0 aromatic heterocycles. The molecule has 3 N–H and O–H groups in total. The summed E-state index contributed by atoms with van der Waals surface area (Å²) in [6.45, 7) is 4.59. The standard InChI is InChI=1S/C14H19N3O2/c1-4-5-10-8-17(2)12-7-9(14(18)19-3)6-11(15)13(12)16-10/h4,6-7,10,16H,1,5,8,15H2,2-3H3. The molecule has 1 aliphatic rings. The lowest BCUT2D eigenvalue weighted by atomic mass is 10.0. The molecule has 0 radical (unpaired) electrons. The van der Waals surface area contributed by atoms with Crippen molar-refractivity contribution in [3.8, 4) is 0 Å². The van der Waals surface area contributed by atoms with Crippen LogP contribution in [-0.2, 0) is 4.74 Å². The van der Waals surface area contributed by atoms with Crippen LogP contribution in [0.2, 0.25) is 0 Å². The molecule has 102 valence electrons. The van der Waals surface area contributed by atoms with E-state index in [4.69, 9.17) is 10.5 Å². The van der Waals surface area contributed by atoms with Crippen molar-refractivity contribution in [3.63, 3.8) is 0 Å².